The fourth-order valence-electron chi connectivity index (χ4n) is 3.42. The van der Waals surface area contributed by atoms with Crippen LogP contribution in [-0.4, -0.2) is 53.8 Å². The van der Waals surface area contributed by atoms with Crippen molar-refractivity contribution in [2.75, 3.05) is 37.9 Å². The summed E-state index contributed by atoms with van der Waals surface area (Å²) in [5, 5.41) is 0. The maximum absolute atomic E-state index is 12.6. The summed E-state index contributed by atoms with van der Waals surface area (Å²) in [6.45, 7) is -0.0495. The number of esters is 1. The molecule has 1 heterocycles. The number of aryl methyl sites for hydroxylation is 1. The number of anilines is 1. The molecule has 1 aliphatic rings. The van der Waals surface area contributed by atoms with Crippen molar-refractivity contribution in [3.05, 3.63) is 53.1 Å². The van der Waals surface area contributed by atoms with Gasteiger partial charge in [-0.1, -0.05) is 6.07 Å². The van der Waals surface area contributed by atoms with E-state index in [2.05, 4.69) is 0 Å². The lowest BCUT2D eigenvalue weighted by molar-refractivity contribution is 0.0468. The highest BCUT2D eigenvalue weighted by atomic mass is 32.2. The molecule has 9 heteroatoms. The first-order chi connectivity index (χ1) is 14.3. The van der Waals surface area contributed by atoms with E-state index in [9.17, 15) is 18.0 Å². The number of nitrogens with zero attached hydrogens (tertiary/aromatic N) is 1. The molecule has 0 bridgehead atoms. The molecule has 0 amide bonds. The fraction of sp³-hybridized carbons (Fsp3) is 0.333. The molecule has 0 atom stereocenters. The summed E-state index contributed by atoms with van der Waals surface area (Å²) in [4.78, 5) is 25.1. The van der Waals surface area contributed by atoms with Gasteiger partial charge in [-0.05, 0) is 48.7 Å². The van der Waals surface area contributed by atoms with Crippen molar-refractivity contribution >= 4 is 27.5 Å². The number of fused-ring (bicyclic) bond motifs is 1. The molecule has 0 unspecified atom stereocenters. The third kappa shape index (κ3) is 4.40. The van der Waals surface area contributed by atoms with Crippen LogP contribution in [0.25, 0.3) is 0 Å². The van der Waals surface area contributed by atoms with Crippen LogP contribution in [0, 0.1) is 0 Å². The van der Waals surface area contributed by atoms with Gasteiger partial charge in [0.15, 0.2) is 12.4 Å². The number of hydrogen-bond acceptors (Lipinski definition) is 7. The molecule has 0 aliphatic carbocycles. The van der Waals surface area contributed by atoms with E-state index in [4.69, 9.17) is 14.2 Å². The van der Waals surface area contributed by atoms with Gasteiger partial charge in [0.05, 0.1) is 26.2 Å². The molecule has 0 fully saturated rings. The minimum atomic E-state index is -3.38. The van der Waals surface area contributed by atoms with Crippen molar-refractivity contribution in [1.82, 2.24) is 0 Å². The third-order valence-corrected chi connectivity index (χ3v) is 6.02. The molecule has 0 saturated heterocycles. The van der Waals surface area contributed by atoms with Gasteiger partial charge in [0.1, 0.15) is 17.1 Å². The summed E-state index contributed by atoms with van der Waals surface area (Å²) in [6.07, 6.45) is 2.49. The van der Waals surface area contributed by atoms with Gasteiger partial charge in [-0.2, -0.15) is 0 Å². The predicted molar refractivity (Wildman–Crippen MR) is 111 cm³/mol. The molecule has 0 saturated carbocycles. The molecule has 2 aromatic rings. The second-order valence-electron chi connectivity index (χ2n) is 6.82. The van der Waals surface area contributed by atoms with Gasteiger partial charge in [-0.15, -0.1) is 0 Å². The van der Waals surface area contributed by atoms with E-state index in [1.54, 1.807) is 36.4 Å². The van der Waals surface area contributed by atoms with Crippen molar-refractivity contribution in [1.29, 1.82) is 0 Å². The van der Waals surface area contributed by atoms with Crippen LogP contribution in [0.2, 0.25) is 0 Å². The summed E-state index contributed by atoms with van der Waals surface area (Å²) < 4.78 is 40.8. The number of methoxy groups -OCH3 is 2. The third-order valence-electron chi connectivity index (χ3n) is 4.84. The smallest absolute Gasteiger partial charge is 0.346 e. The molecule has 1 aliphatic heterocycles. The molecular weight excluding hydrogens is 410 g/mol. The molecule has 8 nitrogen and oxygen atoms in total. The van der Waals surface area contributed by atoms with E-state index in [1.807, 2.05) is 0 Å². The van der Waals surface area contributed by atoms with Gasteiger partial charge in [-0.3, -0.25) is 9.10 Å². The maximum atomic E-state index is 12.6. The van der Waals surface area contributed by atoms with Crippen LogP contribution in [-0.2, 0) is 21.2 Å². The van der Waals surface area contributed by atoms with E-state index in [1.165, 1.54) is 18.5 Å². The number of hydrogen-bond donors (Lipinski definition) is 0. The normalized spacial score (nSPS) is 13.4. The first-order valence-electron chi connectivity index (χ1n) is 9.28. The van der Waals surface area contributed by atoms with Crippen molar-refractivity contribution in [2.45, 2.75) is 12.8 Å². The monoisotopic (exact) mass is 433 g/mol. The van der Waals surface area contributed by atoms with E-state index in [0.29, 0.717) is 30.6 Å². The van der Waals surface area contributed by atoms with E-state index < -0.39 is 28.4 Å². The van der Waals surface area contributed by atoms with Gasteiger partial charge < -0.3 is 14.2 Å². The summed E-state index contributed by atoms with van der Waals surface area (Å²) >= 11 is 0. The van der Waals surface area contributed by atoms with Crippen molar-refractivity contribution < 1.29 is 32.2 Å². The summed E-state index contributed by atoms with van der Waals surface area (Å²) in [6, 6.07) is 9.69. The highest BCUT2D eigenvalue weighted by molar-refractivity contribution is 7.92. The standard InChI is InChI=1S/C21H23NO7S/c1-27-18-7-4-8-19(28-2)20(18)21(24)29-13-17(23)15-9-10-16-14(12-15)6-5-11-22(16)30(3,25)26/h4,7-10,12H,5-6,11,13H2,1-3H3. The highest BCUT2D eigenvalue weighted by Crippen LogP contribution is 2.31. The topological polar surface area (TPSA) is 99.2 Å². The summed E-state index contributed by atoms with van der Waals surface area (Å²) in [7, 11) is -0.542. The second-order valence-corrected chi connectivity index (χ2v) is 8.73. The average Bonchev–Trinajstić information content (AvgIpc) is 2.74. The predicted octanol–water partition coefficient (Wildman–Crippen LogP) is 2.46. The number of benzene rings is 2. The van der Waals surface area contributed by atoms with Gasteiger partial charge in [-0.25, -0.2) is 13.2 Å². The van der Waals surface area contributed by atoms with Crippen LogP contribution in [0.5, 0.6) is 11.5 Å². The number of sulfonamides is 1. The number of rotatable bonds is 7. The number of ether oxygens (including phenoxy) is 3. The number of ketones is 1. The molecule has 0 spiro atoms. The Morgan fingerprint density at radius 2 is 1.73 bits per heavy atom. The van der Waals surface area contributed by atoms with Crippen LogP contribution in [0.3, 0.4) is 0 Å². The molecular formula is C21H23NO7S. The minimum absolute atomic E-state index is 0.101. The maximum Gasteiger partial charge on any atom is 0.346 e. The number of carbonyl (C=O) groups excluding carboxylic acids is 2. The summed E-state index contributed by atoms with van der Waals surface area (Å²) in [5.41, 5.74) is 1.81. The van der Waals surface area contributed by atoms with Gasteiger partial charge in [0.2, 0.25) is 10.0 Å². The lowest BCUT2D eigenvalue weighted by atomic mass is 9.99. The summed E-state index contributed by atoms with van der Waals surface area (Å²) in [5.74, 6) is -0.571. The first kappa shape index (κ1) is 21.6. The minimum Gasteiger partial charge on any atom is -0.496 e. The fourth-order valence-corrected chi connectivity index (χ4v) is 4.42. The quantitative estimate of drug-likeness (QED) is 0.488. The number of Topliss-reactive ketones (excluding diaryl/α,β-unsaturated/α-hetero) is 1. The SMILES string of the molecule is COc1cccc(OC)c1C(=O)OCC(=O)c1ccc2c(c1)CCCN2S(C)(=O)=O. The lowest BCUT2D eigenvalue weighted by Crippen LogP contribution is -2.34. The zero-order valence-corrected chi connectivity index (χ0v) is 17.8. The van der Waals surface area contributed by atoms with Crippen LogP contribution in [0.15, 0.2) is 36.4 Å². The van der Waals surface area contributed by atoms with E-state index in [-0.39, 0.29) is 17.1 Å². The Labute approximate surface area is 175 Å². The molecule has 2 aromatic carbocycles. The molecule has 0 radical (unpaired) electrons. The Balaban J connectivity index is 1.76. The van der Waals surface area contributed by atoms with Crippen LogP contribution in [0.4, 0.5) is 5.69 Å². The Morgan fingerprint density at radius 3 is 2.33 bits per heavy atom. The van der Waals surface area contributed by atoms with E-state index >= 15 is 0 Å². The Hall–Kier alpha value is -3.07. The zero-order valence-electron chi connectivity index (χ0n) is 17.0. The largest absolute Gasteiger partial charge is 0.496 e. The van der Waals surface area contributed by atoms with Gasteiger partial charge >= 0.3 is 5.97 Å². The highest BCUT2D eigenvalue weighted by Gasteiger charge is 2.25. The van der Waals surface area contributed by atoms with Crippen LogP contribution >= 0.6 is 0 Å². The van der Waals surface area contributed by atoms with Crippen molar-refractivity contribution in [2.24, 2.45) is 0 Å². The Morgan fingerprint density at radius 1 is 1.07 bits per heavy atom. The molecule has 0 aromatic heterocycles. The number of carbonyl (C=O) groups is 2. The molecule has 160 valence electrons. The van der Waals surface area contributed by atoms with Crippen LogP contribution in [0.1, 0.15) is 32.7 Å². The van der Waals surface area contributed by atoms with E-state index in [0.717, 1.165) is 11.8 Å². The average molecular weight is 433 g/mol. The second kappa shape index (κ2) is 8.74. The lowest BCUT2D eigenvalue weighted by Gasteiger charge is -2.29. The van der Waals surface area contributed by atoms with Gasteiger partial charge in [0.25, 0.3) is 0 Å². The van der Waals surface area contributed by atoms with Gasteiger partial charge in [0, 0.05) is 12.1 Å². The van der Waals surface area contributed by atoms with Crippen molar-refractivity contribution in [3.63, 3.8) is 0 Å². The van der Waals surface area contributed by atoms with Crippen LogP contribution < -0.4 is 13.8 Å². The first-order valence-corrected chi connectivity index (χ1v) is 11.1. The molecule has 0 N–H and O–H groups in total. The van der Waals surface area contributed by atoms with Crippen molar-refractivity contribution in [3.8, 4) is 11.5 Å². The zero-order chi connectivity index (χ0) is 21.9. The molecule has 30 heavy (non-hydrogen) atoms. The Kier molecular flexibility index (Phi) is 6.31. The molecule has 3 rings (SSSR count). The Bertz CT molecular complexity index is 1060.